The van der Waals surface area contributed by atoms with Crippen LogP contribution in [0.25, 0.3) is 0 Å². The summed E-state index contributed by atoms with van der Waals surface area (Å²) in [4.78, 5) is 0. The molecular formula is C15H23N3S. The van der Waals surface area contributed by atoms with Gasteiger partial charge in [-0.2, -0.15) is 0 Å². The fourth-order valence-electron chi connectivity index (χ4n) is 5.17. The van der Waals surface area contributed by atoms with Crippen molar-refractivity contribution in [3.05, 3.63) is 10.0 Å². The van der Waals surface area contributed by atoms with Gasteiger partial charge >= 0.3 is 0 Å². The van der Waals surface area contributed by atoms with E-state index < -0.39 is 0 Å². The molecule has 1 heterocycles. The van der Waals surface area contributed by atoms with Gasteiger partial charge in [0.2, 0.25) is 0 Å². The molecule has 0 amide bonds. The smallest absolute Gasteiger partial charge is 0.123 e. The van der Waals surface area contributed by atoms with Gasteiger partial charge in [-0.3, -0.25) is 0 Å². The number of aromatic nitrogens is 2. The van der Waals surface area contributed by atoms with Gasteiger partial charge in [0.1, 0.15) is 10.0 Å². The summed E-state index contributed by atoms with van der Waals surface area (Å²) in [6, 6.07) is 0. The summed E-state index contributed by atoms with van der Waals surface area (Å²) in [7, 11) is 2.00. The molecule has 4 fully saturated rings. The first kappa shape index (κ1) is 12.3. The Morgan fingerprint density at radius 2 is 1.74 bits per heavy atom. The Morgan fingerprint density at radius 3 is 2.32 bits per heavy atom. The number of nitrogens with one attached hydrogen (secondary N) is 1. The van der Waals surface area contributed by atoms with Crippen molar-refractivity contribution in [2.24, 2.45) is 17.8 Å². The van der Waals surface area contributed by atoms with Gasteiger partial charge in [-0.05, 0) is 63.3 Å². The number of rotatable bonds is 4. The van der Waals surface area contributed by atoms with Crippen molar-refractivity contribution in [2.45, 2.75) is 50.4 Å². The first-order chi connectivity index (χ1) is 9.27. The highest BCUT2D eigenvalue weighted by Crippen LogP contribution is 2.60. The van der Waals surface area contributed by atoms with Gasteiger partial charge in [0.05, 0.1) is 0 Å². The van der Waals surface area contributed by atoms with Gasteiger partial charge in [-0.1, -0.05) is 0 Å². The molecule has 1 N–H and O–H groups in total. The van der Waals surface area contributed by atoms with Gasteiger partial charge in [0.25, 0.3) is 0 Å². The van der Waals surface area contributed by atoms with Crippen LogP contribution in [-0.4, -0.2) is 23.8 Å². The molecule has 5 rings (SSSR count). The molecule has 104 valence electrons. The number of nitrogens with zero attached hydrogens (tertiary/aromatic N) is 2. The molecule has 3 nitrogen and oxygen atoms in total. The monoisotopic (exact) mass is 277 g/mol. The molecule has 4 bridgehead atoms. The molecular weight excluding hydrogens is 254 g/mol. The average molecular weight is 277 g/mol. The zero-order chi connectivity index (χ0) is 12.9. The van der Waals surface area contributed by atoms with Crippen molar-refractivity contribution < 1.29 is 0 Å². The van der Waals surface area contributed by atoms with E-state index in [-0.39, 0.29) is 0 Å². The third-order valence-electron chi connectivity index (χ3n) is 5.55. The van der Waals surface area contributed by atoms with Gasteiger partial charge in [-0.15, -0.1) is 21.5 Å². The zero-order valence-electron chi connectivity index (χ0n) is 11.7. The van der Waals surface area contributed by atoms with Crippen LogP contribution >= 0.6 is 11.3 Å². The predicted molar refractivity (Wildman–Crippen MR) is 77.4 cm³/mol. The lowest BCUT2D eigenvalue weighted by molar-refractivity contribution is -0.00555. The van der Waals surface area contributed by atoms with Crippen molar-refractivity contribution in [1.29, 1.82) is 0 Å². The Kier molecular flexibility index (Phi) is 2.92. The minimum absolute atomic E-state index is 0.435. The maximum Gasteiger partial charge on any atom is 0.123 e. The largest absolute Gasteiger partial charge is 0.319 e. The molecule has 0 saturated heterocycles. The van der Waals surface area contributed by atoms with Crippen LogP contribution in [0.15, 0.2) is 0 Å². The predicted octanol–water partition coefficient (Wildman–Crippen LogP) is 2.77. The second-order valence-corrected chi connectivity index (χ2v) is 8.11. The molecule has 4 saturated carbocycles. The van der Waals surface area contributed by atoms with Gasteiger partial charge in [0, 0.05) is 18.4 Å². The Hall–Kier alpha value is -0.480. The van der Waals surface area contributed by atoms with Crippen molar-refractivity contribution in [2.75, 3.05) is 13.6 Å². The van der Waals surface area contributed by atoms with Crippen molar-refractivity contribution in [3.8, 4) is 0 Å². The van der Waals surface area contributed by atoms with E-state index >= 15 is 0 Å². The van der Waals surface area contributed by atoms with E-state index in [0.717, 1.165) is 30.7 Å². The molecule has 4 heteroatoms. The molecule has 0 aromatic carbocycles. The van der Waals surface area contributed by atoms with Crippen LogP contribution < -0.4 is 5.32 Å². The Bertz CT molecular complexity index is 432. The van der Waals surface area contributed by atoms with Gasteiger partial charge in [0.15, 0.2) is 0 Å². The maximum absolute atomic E-state index is 4.60. The molecule has 0 atom stereocenters. The minimum atomic E-state index is 0.435. The molecule has 1 aromatic rings. The van der Waals surface area contributed by atoms with Crippen LogP contribution in [0, 0.1) is 17.8 Å². The molecule has 0 unspecified atom stereocenters. The van der Waals surface area contributed by atoms with E-state index in [9.17, 15) is 0 Å². The molecule has 19 heavy (non-hydrogen) atoms. The zero-order valence-corrected chi connectivity index (χ0v) is 12.5. The van der Waals surface area contributed by atoms with Gasteiger partial charge < -0.3 is 5.32 Å². The van der Waals surface area contributed by atoms with Crippen LogP contribution in [0.5, 0.6) is 0 Å². The normalized spacial score (nSPS) is 39.9. The second-order valence-electron chi connectivity index (χ2n) is 7.05. The quantitative estimate of drug-likeness (QED) is 0.919. The first-order valence-electron chi connectivity index (χ1n) is 7.75. The summed E-state index contributed by atoms with van der Waals surface area (Å²) in [6.07, 6.45) is 9.75. The summed E-state index contributed by atoms with van der Waals surface area (Å²) < 4.78 is 0. The second kappa shape index (κ2) is 4.52. The first-order valence-corrected chi connectivity index (χ1v) is 8.56. The third-order valence-corrected chi connectivity index (χ3v) is 6.78. The number of hydrogen-bond acceptors (Lipinski definition) is 4. The summed E-state index contributed by atoms with van der Waals surface area (Å²) >= 11 is 1.90. The SMILES string of the molecule is CNCCc1nnc(C23CC4CC(CC(C4)C2)C3)s1. The highest BCUT2D eigenvalue weighted by Gasteiger charge is 2.53. The Balaban J connectivity index is 1.59. The number of hydrogen-bond donors (Lipinski definition) is 1. The fraction of sp³-hybridized carbons (Fsp3) is 0.867. The lowest BCUT2D eigenvalue weighted by Crippen LogP contribution is -2.48. The summed E-state index contributed by atoms with van der Waals surface area (Å²) in [6.45, 7) is 1.01. The maximum atomic E-state index is 4.60. The van der Waals surface area contributed by atoms with Crippen molar-refractivity contribution in [3.63, 3.8) is 0 Å². The minimum Gasteiger partial charge on any atom is -0.319 e. The standard InChI is InChI=1S/C15H23N3S/c1-16-3-2-13-17-18-14(19-13)15-7-10-4-11(8-15)6-12(5-10)9-15/h10-12,16H,2-9H2,1H3. The average Bonchev–Trinajstić information content (AvgIpc) is 2.84. The van der Waals surface area contributed by atoms with Crippen LogP contribution in [0.3, 0.4) is 0 Å². The lowest BCUT2D eigenvalue weighted by atomic mass is 9.50. The topological polar surface area (TPSA) is 37.8 Å². The third kappa shape index (κ3) is 2.04. The van der Waals surface area contributed by atoms with E-state index in [2.05, 4.69) is 15.5 Å². The van der Waals surface area contributed by atoms with Crippen LogP contribution in [0.1, 0.15) is 48.5 Å². The van der Waals surface area contributed by atoms with E-state index in [1.54, 1.807) is 0 Å². The van der Waals surface area contributed by atoms with E-state index in [4.69, 9.17) is 0 Å². The highest BCUT2D eigenvalue weighted by molar-refractivity contribution is 7.11. The van der Waals surface area contributed by atoms with Crippen molar-refractivity contribution >= 4 is 11.3 Å². The van der Waals surface area contributed by atoms with E-state index in [1.807, 2.05) is 18.4 Å². The number of likely N-dealkylation sites (N-methyl/N-ethyl adjacent to an activating group) is 1. The fourth-order valence-corrected chi connectivity index (χ4v) is 6.23. The van der Waals surface area contributed by atoms with Crippen LogP contribution in [-0.2, 0) is 11.8 Å². The van der Waals surface area contributed by atoms with Crippen molar-refractivity contribution in [1.82, 2.24) is 15.5 Å². The van der Waals surface area contributed by atoms with Gasteiger partial charge in [-0.25, -0.2) is 0 Å². The van der Waals surface area contributed by atoms with E-state index in [0.29, 0.717) is 5.41 Å². The highest BCUT2D eigenvalue weighted by atomic mass is 32.1. The van der Waals surface area contributed by atoms with E-state index in [1.165, 1.54) is 48.5 Å². The lowest BCUT2D eigenvalue weighted by Gasteiger charge is -2.55. The Morgan fingerprint density at radius 1 is 1.11 bits per heavy atom. The molecule has 1 aromatic heterocycles. The van der Waals surface area contributed by atoms with Crippen LogP contribution in [0.4, 0.5) is 0 Å². The molecule has 4 aliphatic rings. The van der Waals surface area contributed by atoms with Crippen LogP contribution in [0.2, 0.25) is 0 Å². The molecule has 0 aliphatic heterocycles. The summed E-state index contributed by atoms with van der Waals surface area (Å²) in [5.74, 6) is 2.99. The molecule has 0 spiro atoms. The Labute approximate surface area is 119 Å². The summed E-state index contributed by atoms with van der Waals surface area (Å²) in [5, 5.41) is 14.8. The summed E-state index contributed by atoms with van der Waals surface area (Å²) in [5.41, 5.74) is 0.435. The molecule has 4 aliphatic carbocycles. The molecule has 0 radical (unpaired) electrons.